The van der Waals surface area contributed by atoms with Gasteiger partial charge in [0.15, 0.2) is 11.5 Å². The van der Waals surface area contributed by atoms with Gasteiger partial charge in [0.2, 0.25) is 5.75 Å². The van der Waals surface area contributed by atoms with E-state index in [0.29, 0.717) is 22.8 Å². The van der Waals surface area contributed by atoms with Gasteiger partial charge in [-0.3, -0.25) is 0 Å². The fourth-order valence-corrected chi connectivity index (χ4v) is 2.00. The van der Waals surface area contributed by atoms with Gasteiger partial charge < -0.3 is 19.9 Å². The van der Waals surface area contributed by atoms with Crippen LogP contribution in [0.25, 0.3) is 0 Å². The predicted molar refractivity (Wildman–Crippen MR) is 78.4 cm³/mol. The Bertz CT molecular complexity index is 582. The Morgan fingerprint density at radius 1 is 1.00 bits per heavy atom. The van der Waals surface area contributed by atoms with Crippen LogP contribution in [0.5, 0.6) is 17.2 Å². The van der Waals surface area contributed by atoms with E-state index in [0.717, 1.165) is 0 Å². The lowest BCUT2D eigenvalue weighted by atomic mass is 10.1. The molecule has 2 rings (SSSR count). The van der Waals surface area contributed by atoms with Crippen molar-refractivity contribution < 1.29 is 18.6 Å². The van der Waals surface area contributed by atoms with Crippen molar-refractivity contribution in [3.63, 3.8) is 0 Å². The molecule has 0 fully saturated rings. The van der Waals surface area contributed by atoms with Gasteiger partial charge in [0.1, 0.15) is 12.4 Å². The zero-order chi connectivity index (χ0) is 15.2. The molecular weight excluding hydrogens is 273 g/mol. The highest BCUT2D eigenvalue weighted by molar-refractivity contribution is 5.51. The van der Waals surface area contributed by atoms with Crippen LogP contribution in [0.3, 0.4) is 0 Å². The molecule has 0 aliphatic heterocycles. The minimum Gasteiger partial charge on any atom is -0.493 e. The van der Waals surface area contributed by atoms with Crippen LogP contribution in [0.1, 0.15) is 11.6 Å². The van der Waals surface area contributed by atoms with Crippen molar-refractivity contribution in [1.82, 2.24) is 0 Å². The highest BCUT2D eigenvalue weighted by atomic mass is 19.1. The standard InChI is InChI=1S/C16H18FNO3/c1-19-14-8-5-9-15(20-2)16(14)21-10-13(18)11-6-3-4-7-12(11)17/h3-9,13H,10,18H2,1-2H3. The third-order valence-electron chi connectivity index (χ3n) is 3.09. The summed E-state index contributed by atoms with van der Waals surface area (Å²) in [5.41, 5.74) is 6.39. The second kappa shape index (κ2) is 6.95. The molecule has 0 aliphatic carbocycles. The van der Waals surface area contributed by atoms with E-state index < -0.39 is 6.04 Å². The summed E-state index contributed by atoms with van der Waals surface area (Å²) < 4.78 is 29.8. The highest BCUT2D eigenvalue weighted by Gasteiger charge is 2.15. The van der Waals surface area contributed by atoms with Gasteiger partial charge in [0, 0.05) is 5.56 Å². The van der Waals surface area contributed by atoms with Crippen LogP contribution < -0.4 is 19.9 Å². The Kier molecular flexibility index (Phi) is 5.00. The molecule has 21 heavy (non-hydrogen) atoms. The molecule has 1 unspecified atom stereocenters. The monoisotopic (exact) mass is 291 g/mol. The molecule has 0 radical (unpaired) electrons. The number of nitrogens with two attached hydrogens (primary N) is 1. The molecule has 4 nitrogen and oxygen atoms in total. The van der Waals surface area contributed by atoms with E-state index in [4.69, 9.17) is 19.9 Å². The Hall–Kier alpha value is -2.27. The van der Waals surface area contributed by atoms with Gasteiger partial charge in [-0.25, -0.2) is 4.39 Å². The summed E-state index contributed by atoms with van der Waals surface area (Å²) in [6.45, 7) is 0.109. The van der Waals surface area contributed by atoms with E-state index in [9.17, 15) is 4.39 Å². The highest BCUT2D eigenvalue weighted by Crippen LogP contribution is 2.37. The van der Waals surface area contributed by atoms with Crippen LogP contribution in [0.2, 0.25) is 0 Å². The second-order valence-corrected chi connectivity index (χ2v) is 4.43. The SMILES string of the molecule is COc1cccc(OC)c1OCC(N)c1ccccc1F. The Morgan fingerprint density at radius 3 is 2.19 bits per heavy atom. The lowest BCUT2D eigenvalue weighted by molar-refractivity contribution is 0.256. The summed E-state index contributed by atoms with van der Waals surface area (Å²) in [7, 11) is 3.08. The fourth-order valence-electron chi connectivity index (χ4n) is 2.00. The summed E-state index contributed by atoms with van der Waals surface area (Å²) >= 11 is 0. The average Bonchev–Trinajstić information content (AvgIpc) is 2.52. The topological polar surface area (TPSA) is 53.7 Å². The van der Waals surface area contributed by atoms with Crippen molar-refractivity contribution >= 4 is 0 Å². The number of hydrogen-bond acceptors (Lipinski definition) is 4. The maximum Gasteiger partial charge on any atom is 0.203 e. The Morgan fingerprint density at radius 2 is 1.62 bits per heavy atom. The average molecular weight is 291 g/mol. The number of benzene rings is 2. The van der Waals surface area contributed by atoms with Gasteiger partial charge in [-0.15, -0.1) is 0 Å². The van der Waals surface area contributed by atoms with Crippen LogP contribution in [-0.4, -0.2) is 20.8 Å². The zero-order valence-corrected chi connectivity index (χ0v) is 12.0. The maximum atomic E-state index is 13.7. The van der Waals surface area contributed by atoms with Gasteiger partial charge in [-0.2, -0.15) is 0 Å². The maximum absolute atomic E-state index is 13.7. The molecular formula is C16H18FNO3. The molecule has 0 saturated carbocycles. The smallest absolute Gasteiger partial charge is 0.203 e. The molecule has 0 aromatic heterocycles. The normalized spacial score (nSPS) is 11.8. The molecule has 0 amide bonds. The van der Waals surface area contributed by atoms with Gasteiger partial charge in [-0.05, 0) is 18.2 Å². The summed E-state index contributed by atoms with van der Waals surface area (Å²) in [5, 5.41) is 0. The number of rotatable bonds is 6. The van der Waals surface area contributed by atoms with Crippen molar-refractivity contribution in [3.8, 4) is 17.2 Å². The van der Waals surface area contributed by atoms with Gasteiger partial charge >= 0.3 is 0 Å². The van der Waals surface area contributed by atoms with E-state index in [2.05, 4.69) is 0 Å². The van der Waals surface area contributed by atoms with E-state index in [1.54, 1.807) is 50.6 Å². The molecule has 0 saturated heterocycles. The van der Waals surface area contributed by atoms with Gasteiger partial charge in [0.25, 0.3) is 0 Å². The second-order valence-electron chi connectivity index (χ2n) is 4.43. The van der Waals surface area contributed by atoms with E-state index in [1.165, 1.54) is 6.07 Å². The molecule has 0 heterocycles. The number of ether oxygens (including phenoxy) is 3. The third-order valence-corrected chi connectivity index (χ3v) is 3.09. The summed E-state index contributed by atoms with van der Waals surface area (Å²) in [6.07, 6.45) is 0. The van der Waals surface area contributed by atoms with Crippen molar-refractivity contribution in [2.45, 2.75) is 6.04 Å². The molecule has 0 aliphatic rings. The van der Waals surface area contributed by atoms with E-state index >= 15 is 0 Å². The zero-order valence-electron chi connectivity index (χ0n) is 12.0. The summed E-state index contributed by atoms with van der Waals surface area (Å²) in [4.78, 5) is 0. The molecule has 112 valence electrons. The number of methoxy groups -OCH3 is 2. The fraction of sp³-hybridized carbons (Fsp3) is 0.250. The van der Waals surface area contributed by atoms with Gasteiger partial charge in [0.05, 0.1) is 20.3 Å². The number of halogens is 1. The summed E-state index contributed by atoms with van der Waals surface area (Å²) in [6, 6.07) is 11.1. The van der Waals surface area contributed by atoms with E-state index in [-0.39, 0.29) is 12.4 Å². The van der Waals surface area contributed by atoms with Crippen LogP contribution in [0, 0.1) is 5.82 Å². The van der Waals surface area contributed by atoms with Crippen molar-refractivity contribution in [3.05, 3.63) is 53.8 Å². The number of hydrogen-bond donors (Lipinski definition) is 1. The lowest BCUT2D eigenvalue weighted by Gasteiger charge is -2.17. The molecule has 5 heteroatoms. The van der Waals surface area contributed by atoms with Crippen LogP contribution in [-0.2, 0) is 0 Å². The Balaban J connectivity index is 2.15. The first-order valence-electron chi connectivity index (χ1n) is 6.51. The largest absolute Gasteiger partial charge is 0.493 e. The summed E-state index contributed by atoms with van der Waals surface area (Å²) in [5.74, 6) is 1.18. The van der Waals surface area contributed by atoms with Crippen molar-refractivity contribution in [2.24, 2.45) is 5.73 Å². The number of para-hydroxylation sites is 1. The first-order chi connectivity index (χ1) is 10.2. The molecule has 1 atom stereocenters. The third kappa shape index (κ3) is 3.44. The molecule has 0 bridgehead atoms. The first-order valence-corrected chi connectivity index (χ1v) is 6.51. The van der Waals surface area contributed by atoms with Crippen LogP contribution in [0.15, 0.2) is 42.5 Å². The predicted octanol–water partition coefficient (Wildman–Crippen LogP) is 2.92. The lowest BCUT2D eigenvalue weighted by Crippen LogP contribution is -2.20. The van der Waals surface area contributed by atoms with Gasteiger partial charge in [-0.1, -0.05) is 24.3 Å². The minimum absolute atomic E-state index is 0.109. The molecule has 2 aromatic carbocycles. The minimum atomic E-state index is -0.583. The molecule has 2 N–H and O–H groups in total. The van der Waals surface area contributed by atoms with Crippen molar-refractivity contribution in [2.75, 3.05) is 20.8 Å². The van der Waals surface area contributed by atoms with Crippen LogP contribution >= 0.6 is 0 Å². The molecule has 2 aromatic rings. The van der Waals surface area contributed by atoms with Crippen molar-refractivity contribution in [1.29, 1.82) is 0 Å². The molecule has 0 spiro atoms. The van der Waals surface area contributed by atoms with Crippen LogP contribution in [0.4, 0.5) is 4.39 Å². The van der Waals surface area contributed by atoms with E-state index in [1.807, 2.05) is 0 Å². The Labute approximate surface area is 123 Å². The quantitative estimate of drug-likeness (QED) is 0.889. The first kappa shape index (κ1) is 15.1.